The van der Waals surface area contributed by atoms with Crippen LogP contribution < -0.4 is 10.1 Å². The minimum Gasteiger partial charge on any atom is -0.480 e. The molecule has 4 rings (SSSR count). The summed E-state index contributed by atoms with van der Waals surface area (Å²) in [5, 5.41) is 13.6. The number of imidazole rings is 1. The molecular formula is C14H13N5OS. The van der Waals surface area contributed by atoms with E-state index in [0.717, 1.165) is 27.2 Å². The molecular weight excluding hydrogens is 286 g/mol. The number of ether oxygens (including phenoxy) is 1. The number of anilines is 1. The zero-order valence-electron chi connectivity index (χ0n) is 11.3. The first-order valence-electron chi connectivity index (χ1n) is 6.51. The summed E-state index contributed by atoms with van der Waals surface area (Å²) in [6.45, 7) is 0.630. The van der Waals surface area contributed by atoms with E-state index in [9.17, 15) is 0 Å². The van der Waals surface area contributed by atoms with Crippen molar-refractivity contribution in [2.75, 3.05) is 12.4 Å². The number of nitrogens with one attached hydrogen (secondary N) is 2. The van der Waals surface area contributed by atoms with Crippen molar-refractivity contribution in [3.63, 3.8) is 0 Å². The number of methoxy groups -OCH3 is 1. The van der Waals surface area contributed by atoms with E-state index in [-0.39, 0.29) is 0 Å². The van der Waals surface area contributed by atoms with Crippen LogP contribution in [0.5, 0.6) is 5.88 Å². The molecule has 7 heteroatoms. The first-order valence-corrected chi connectivity index (χ1v) is 7.39. The highest BCUT2D eigenvalue weighted by Crippen LogP contribution is 2.26. The fourth-order valence-electron chi connectivity index (χ4n) is 2.44. The molecule has 0 radical (unpaired) electrons. The molecule has 0 aliphatic heterocycles. The van der Waals surface area contributed by atoms with Crippen LogP contribution >= 0.6 is 11.3 Å². The molecule has 0 unspecified atom stereocenters. The number of hydrogen-bond donors (Lipinski definition) is 2. The lowest BCUT2D eigenvalue weighted by Gasteiger charge is -2.08. The zero-order valence-corrected chi connectivity index (χ0v) is 12.1. The van der Waals surface area contributed by atoms with E-state index in [1.807, 2.05) is 40.4 Å². The van der Waals surface area contributed by atoms with Crippen LogP contribution in [0, 0.1) is 0 Å². The van der Waals surface area contributed by atoms with Gasteiger partial charge in [0.1, 0.15) is 5.69 Å². The Hall–Kier alpha value is -2.54. The van der Waals surface area contributed by atoms with Crippen molar-refractivity contribution in [1.82, 2.24) is 19.6 Å². The summed E-state index contributed by atoms with van der Waals surface area (Å²) in [5.74, 6) is 0.661. The lowest BCUT2D eigenvalue weighted by molar-refractivity contribution is 0.395. The third kappa shape index (κ3) is 1.93. The van der Waals surface area contributed by atoms with Crippen LogP contribution in [0.25, 0.3) is 15.9 Å². The average molecular weight is 299 g/mol. The zero-order chi connectivity index (χ0) is 14.2. The molecule has 0 aliphatic carbocycles. The van der Waals surface area contributed by atoms with Crippen molar-refractivity contribution in [2.24, 2.45) is 0 Å². The van der Waals surface area contributed by atoms with Gasteiger partial charge in [0.25, 0.3) is 0 Å². The van der Waals surface area contributed by atoms with E-state index in [1.165, 1.54) is 0 Å². The predicted octanol–water partition coefficient (Wildman–Crippen LogP) is 2.89. The Morgan fingerprint density at radius 2 is 2.38 bits per heavy atom. The maximum atomic E-state index is 5.37. The summed E-state index contributed by atoms with van der Waals surface area (Å²) in [7, 11) is 1.65. The molecule has 0 aliphatic rings. The van der Waals surface area contributed by atoms with Crippen molar-refractivity contribution in [1.29, 1.82) is 0 Å². The minimum atomic E-state index is 0.630. The number of fused-ring (bicyclic) bond motifs is 2. The second kappa shape index (κ2) is 4.78. The normalized spacial score (nSPS) is 11.3. The standard InChI is InChI=1S/C14H13N5OS/c1-20-13-12(19-5-6-21-14(19)17-13)8-15-10-3-2-4-11-9(10)7-16-18-11/h2-7,15H,8H2,1H3,(H,16,18). The Morgan fingerprint density at radius 3 is 3.29 bits per heavy atom. The Kier molecular flexibility index (Phi) is 2.78. The molecule has 0 bridgehead atoms. The van der Waals surface area contributed by atoms with Gasteiger partial charge >= 0.3 is 0 Å². The van der Waals surface area contributed by atoms with E-state index in [1.54, 1.807) is 18.4 Å². The van der Waals surface area contributed by atoms with E-state index >= 15 is 0 Å². The van der Waals surface area contributed by atoms with Gasteiger partial charge in [0.15, 0.2) is 4.96 Å². The largest absolute Gasteiger partial charge is 0.480 e. The van der Waals surface area contributed by atoms with Crippen molar-refractivity contribution in [3.05, 3.63) is 41.7 Å². The molecule has 0 spiro atoms. The molecule has 21 heavy (non-hydrogen) atoms. The molecule has 3 aromatic heterocycles. The van der Waals surface area contributed by atoms with Gasteiger partial charge in [0.05, 0.1) is 25.4 Å². The molecule has 0 saturated heterocycles. The van der Waals surface area contributed by atoms with Crippen LogP contribution in [0.15, 0.2) is 36.0 Å². The van der Waals surface area contributed by atoms with Crippen molar-refractivity contribution in [2.45, 2.75) is 6.54 Å². The molecule has 6 nitrogen and oxygen atoms in total. The van der Waals surface area contributed by atoms with Gasteiger partial charge in [-0.25, -0.2) is 0 Å². The fourth-order valence-corrected chi connectivity index (χ4v) is 3.16. The van der Waals surface area contributed by atoms with Crippen molar-refractivity contribution < 1.29 is 4.74 Å². The third-order valence-corrected chi connectivity index (χ3v) is 4.21. The van der Waals surface area contributed by atoms with E-state index in [4.69, 9.17) is 4.74 Å². The van der Waals surface area contributed by atoms with E-state index in [0.29, 0.717) is 12.4 Å². The number of nitrogens with zero attached hydrogens (tertiary/aromatic N) is 3. The van der Waals surface area contributed by atoms with Gasteiger partial charge in [0.2, 0.25) is 5.88 Å². The summed E-state index contributed by atoms with van der Waals surface area (Å²) in [6.07, 6.45) is 3.83. The quantitative estimate of drug-likeness (QED) is 0.608. The minimum absolute atomic E-state index is 0.630. The van der Waals surface area contributed by atoms with Gasteiger partial charge in [-0.3, -0.25) is 9.50 Å². The average Bonchev–Trinajstić information content (AvgIpc) is 3.20. The molecule has 1 aromatic carbocycles. The molecule has 0 fully saturated rings. The number of rotatable bonds is 4. The summed E-state index contributed by atoms with van der Waals surface area (Å²) in [5.41, 5.74) is 3.06. The first-order chi connectivity index (χ1) is 10.4. The second-order valence-corrected chi connectivity index (χ2v) is 5.49. The van der Waals surface area contributed by atoms with Gasteiger partial charge in [-0.05, 0) is 12.1 Å². The van der Waals surface area contributed by atoms with Crippen molar-refractivity contribution >= 4 is 32.9 Å². The first kappa shape index (κ1) is 12.2. The Labute approximate surface area is 124 Å². The van der Waals surface area contributed by atoms with Gasteiger partial charge in [-0.1, -0.05) is 6.07 Å². The van der Waals surface area contributed by atoms with Crippen LogP contribution in [0.1, 0.15) is 5.69 Å². The highest BCUT2D eigenvalue weighted by molar-refractivity contribution is 7.15. The molecule has 0 saturated carbocycles. The maximum absolute atomic E-state index is 5.37. The number of H-pyrrole nitrogens is 1. The summed E-state index contributed by atoms with van der Waals surface area (Å²) < 4.78 is 7.41. The summed E-state index contributed by atoms with van der Waals surface area (Å²) >= 11 is 1.59. The fraction of sp³-hybridized carbons (Fsp3) is 0.143. The second-order valence-electron chi connectivity index (χ2n) is 4.61. The van der Waals surface area contributed by atoms with Crippen LogP contribution in [0.3, 0.4) is 0 Å². The van der Waals surface area contributed by atoms with Gasteiger partial charge in [0, 0.05) is 22.7 Å². The number of aromatic amines is 1. The summed E-state index contributed by atoms with van der Waals surface area (Å²) in [6, 6.07) is 6.04. The number of hydrogen-bond acceptors (Lipinski definition) is 5. The van der Waals surface area contributed by atoms with E-state index < -0.39 is 0 Å². The van der Waals surface area contributed by atoms with Crippen LogP contribution in [-0.2, 0) is 6.54 Å². The number of thiazole rings is 1. The summed E-state index contributed by atoms with van der Waals surface area (Å²) in [4.78, 5) is 5.39. The molecule has 0 amide bonds. The highest BCUT2D eigenvalue weighted by Gasteiger charge is 2.13. The van der Waals surface area contributed by atoms with Crippen LogP contribution in [0.2, 0.25) is 0 Å². The SMILES string of the molecule is COc1nc2sccn2c1CNc1cccc2[nH]ncc12. The van der Waals surface area contributed by atoms with Crippen molar-refractivity contribution in [3.8, 4) is 5.88 Å². The Bertz CT molecular complexity index is 906. The smallest absolute Gasteiger partial charge is 0.238 e. The Balaban J connectivity index is 1.69. The number of aromatic nitrogens is 4. The lowest BCUT2D eigenvalue weighted by Crippen LogP contribution is -2.04. The number of benzene rings is 1. The van der Waals surface area contributed by atoms with Crippen LogP contribution in [0.4, 0.5) is 5.69 Å². The molecule has 3 heterocycles. The van der Waals surface area contributed by atoms with Gasteiger partial charge in [-0.15, -0.1) is 11.3 Å². The lowest BCUT2D eigenvalue weighted by atomic mass is 10.2. The maximum Gasteiger partial charge on any atom is 0.238 e. The topological polar surface area (TPSA) is 67.2 Å². The van der Waals surface area contributed by atoms with Crippen LogP contribution in [-0.4, -0.2) is 26.7 Å². The van der Waals surface area contributed by atoms with E-state index in [2.05, 4.69) is 20.5 Å². The third-order valence-electron chi connectivity index (χ3n) is 3.45. The molecule has 4 aromatic rings. The van der Waals surface area contributed by atoms with Gasteiger partial charge < -0.3 is 10.1 Å². The highest BCUT2D eigenvalue weighted by atomic mass is 32.1. The molecule has 2 N–H and O–H groups in total. The van der Waals surface area contributed by atoms with Gasteiger partial charge in [-0.2, -0.15) is 10.1 Å². The monoisotopic (exact) mass is 299 g/mol. The Morgan fingerprint density at radius 1 is 1.43 bits per heavy atom. The molecule has 0 atom stereocenters. The predicted molar refractivity (Wildman–Crippen MR) is 83.0 cm³/mol. The molecule has 106 valence electrons.